The van der Waals surface area contributed by atoms with Gasteiger partial charge in [-0.25, -0.2) is 0 Å². The first kappa shape index (κ1) is 25.8. The van der Waals surface area contributed by atoms with Gasteiger partial charge in [0.25, 0.3) is 0 Å². The number of nitrogens with two attached hydrogens (primary N) is 2. The van der Waals surface area contributed by atoms with Crippen molar-refractivity contribution in [2.24, 2.45) is 11.5 Å². The average molecular weight is 402 g/mol. The number of aliphatic hydroxyl groups excluding tert-OH is 1. The Balaban J connectivity index is 5.61. The van der Waals surface area contributed by atoms with E-state index in [4.69, 9.17) is 11.5 Å². The van der Waals surface area contributed by atoms with Crippen LogP contribution >= 0.6 is 0 Å². The van der Waals surface area contributed by atoms with Gasteiger partial charge in [0, 0.05) is 13.6 Å². The van der Waals surface area contributed by atoms with Crippen LogP contribution in [-0.4, -0.2) is 82.4 Å². The Morgan fingerprint density at radius 3 is 1.82 bits per heavy atom. The molecule has 0 aliphatic carbocycles. The number of carbonyl (C=O) groups is 4. The number of amides is 4. The summed E-state index contributed by atoms with van der Waals surface area (Å²) in [7, 11) is 1.50. The summed E-state index contributed by atoms with van der Waals surface area (Å²) in [5.41, 5.74) is 10.9. The summed E-state index contributed by atoms with van der Waals surface area (Å²) in [6.07, 6.45) is -0.555. The Kier molecular flexibility index (Phi) is 10.7. The summed E-state index contributed by atoms with van der Waals surface area (Å²) >= 11 is 0. The molecule has 0 aliphatic heterocycles. The molecule has 0 heterocycles. The van der Waals surface area contributed by atoms with Crippen molar-refractivity contribution >= 4 is 23.6 Å². The first-order valence-corrected chi connectivity index (χ1v) is 9.54. The van der Waals surface area contributed by atoms with Crippen LogP contribution in [0, 0.1) is 0 Å². The molecule has 0 saturated heterocycles. The van der Waals surface area contributed by atoms with Crippen molar-refractivity contribution in [1.29, 1.82) is 0 Å². The second-order valence-electron chi connectivity index (χ2n) is 6.84. The topological polar surface area (TPSA) is 159 Å². The van der Waals surface area contributed by atoms with E-state index in [2.05, 4.69) is 5.32 Å². The summed E-state index contributed by atoms with van der Waals surface area (Å²) in [4.78, 5) is 52.1. The molecule has 162 valence electrons. The predicted octanol–water partition coefficient (Wildman–Crippen LogP) is -1.45. The van der Waals surface area contributed by atoms with Crippen molar-refractivity contribution in [3.63, 3.8) is 0 Å². The van der Waals surface area contributed by atoms with E-state index < -0.39 is 48.0 Å². The summed E-state index contributed by atoms with van der Waals surface area (Å²) < 4.78 is 0. The Hall–Kier alpha value is -2.20. The lowest BCUT2D eigenvalue weighted by atomic mass is 10.1. The third-order valence-electron chi connectivity index (χ3n) is 4.65. The zero-order valence-electron chi connectivity index (χ0n) is 17.6. The molecule has 0 saturated carbocycles. The van der Waals surface area contributed by atoms with Crippen molar-refractivity contribution in [2.45, 2.75) is 77.7 Å². The lowest BCUT2D eigenvalue weighted by Crippen LogP contribution is -2.60. The fourth-order valence-corrected chi connectivity index (χ4v) is 3.04. The maximum Gasteiger partial charge on any atom is 0.246 e. The van der Waals surface area contributed by atoms with Crippen molar-refractivity contribution in [3.8, 4) is 0 Å². The highest BCUT2D eigenvalue weighted by Gasteiger charge is 2.36. The first-order valence-electron chi connectivity index (χ1n) is 9.54. The van der Waals surface area contributed by atoms with Gasteiger partial charge in [0.05, 0.1) is 12.1 Å². The summed E-state index contributed by atoms with van der Waals surface area (Å²) in [5, 5.41) is 12.1. The Morgan fingerprint density at radius 1 is 1.00 bits per heavy atom. The number of primary amides is 1. The van der Waals surface area contributed by atoms with Crippen LogP contribution in [0.1, 0.15) is 47.5 Å². The third kappa shape index (κ3) is 6.45. The van der Waals surface area contributed by atoms with Gasteiger partial charge in [0.15, 0.2) is 0 Å². The molecule has 10 heteroatoms. The van der Waals surface area contributed by atoms with Crippen LogP contribution in [0.3, 0.4) is 0 Å². The minimum absolute atomic E-state index is 0.220. The smallest absolute Gasteiger partial charge is 0.246 e. The van der Waals surface area contributed by atoms with E-state index in [1.807, 2.05) is 0 Å². The molecule has 0 bridgehead atoms. The van der Waals surface area contributed by atoms with E-state index >= 15 is 0 Å². The molecule has 0 aromatic rings. The van der Waals surface area contributed by atoms with Crippen molar-refractivity contribution in [3.05, 3.63) is 0 Å². The maximum absolute atomic E-state index is 13.1. The van der Waals surface area contributed by atoms with E-state index in [1.54, 1.807) is 20.8 Å². The number of rotatable bonds is 11. The minimum Gasteiger partial charge on any atom is -0.391 e. The molecular weight excluding hydrogens is 366 g/mol. The molecule has 0 aliphatic rings. The SMILES string of the molecule is CCC(C(=O)N(CC)C(CC)C(=O)NC(C(N)=O)C(C)O)N(C)C(=O)C(C)N. The van der Waals surface area contributed by atoms with Crippen LogP contribution in [0.4, 0.5) is 0 Å². The number of hydrogen-bond acceptors (Lipinski definition) is 6. The molecule has 5 unspecified atom stereocenters. The van der Waals surface area contributed by atoms with Crippen LogP contribution in [0.2, 0.25) is 0 Å². The third-order valence-corrected chi connectivity index (χ3v) is 4.65. The van der Waals surface area contributed by atoms with Gasteiger partial charge in [-0.2, -0.15) is 0 Å². The molecule has 0 aromatic heterocycles. The lowest BCUT2D eigenvalue weighted by molar-refractivity contribution is -0.149. The number of nitrogens with zero attached hydrogens (tertiary/aromatic N) is 2. The van der Waals surface area contributed by atoms with E-state index in [1.165, 1.54) is 30.7 Å². The number of hydrogen-bond donors (Lipinski definition) is 4. The normalized spacial score (nSPS) is 16.3. The molecule has 0 aromatic carbocycles. The molecule has 0 radical (unpaired) electrons. The van der Waals surface area contributed by atoms with Gasteiger partial charge in [0.2, 0.25) is 23.6 Å². The van der Waals surface area contributed by atoms with E-state index in [9.17, 15) is 24.3 Å². The standard InChI is InChI=1S/C18H35N5O5/c1-7-12(16(26)21-14(11(5)24)15(20)25)23(9-3)18(28)13(8-2)22(6)17(27)10(4)19/h10-14,24H,7-9,19H2,1-6H3,(H2,20,25)(H,21,26). The van der Waals surface area contributed by atoms with Crippen LogP contribution in [-0.2, 0) is 19.2 Å². The van der Waals surface area contributed by atoms with E-state index in [-0.39, 0.29) is 18.9 Å². The molecular formula is C18H35N5O5. The number of likely N-dealkylation sites (N-methyl/N-ethyl adjacent to an activating group) is 2. The fourth-order valence-electron chi connectivity index (χ4n) is 3.04. The number of nitrogens with one attached hydrogen (secondary N) is 1. The van der Waals surface area contributed by atoms with Gasteiger partial charge >= 0.3 is 0 Å². The highest BCUT2D eigenvalue weighted by atomic mass is 16.3. The van der Waals surface area contributed by atoms with Crippen molar-refractivity contribution < 1.29 is 24.3 Å². The second-order valence-corrected chi connectivity index (χ2v) is 6.84. The average Bonchev–Trinajstić information content (AvgIpc) is 2.62. The summed E-state index contributed by atoms with van der Waals surface area (Å²) in [5.74, 6) is -2.24. The number of carbonyl (C=O) groups excluding carboxylic acids is 4. The van der Waals surface area contributed by atoms with Crippen LogP contribution < -0.4 is 16.8 Å². The lowest BCUT2D eigenvalue weighted by Gasteiger charge is -2.36. The highest BCUT2D eigenvalue weighted by molar-refractivity contribution is 5.94. The second kappa shape index (κ2) is 11.6. The fraction of sp³-hybridized carbons (Fsp3) is 0.778. The Bertz CT molecular complexity index is 567. The van der Waals surface area contributed by atoms with Crippen LogP contribution in [0.15, 0.2) is 0 Å². The van der Waals surface area contributed by atoms with E-state index in [0.717, 1.165) is 0 Å². The predicted molar refractivity (Wildman–Crippen MR) is 105 cm³/mol. The zero-order valence-corrected chi connectivity index (χ0v) is 17.6. The maximum atomic E-state index is 13.1. The Morgan fingerprint density at radius 2 is 1.50 bits per heavy atom. The van der Waals surface area contributed by atoms with Gasteiger partial charge in [-0.1, -0.05) is 13.8 Å². The monoisotopic (exact) mass is 401 g/mol. The Labute approximate surface area is 166 Å². The van der Waals surface area contributed by atoms with Gasteiger partial charge < -0.3 is 31.7 Å². The molecule has 0 rings (SSSR count). The minimum atomic E-state index is -1.26. The van der Waals surface area contributed by atoms with Gasteiger partial charge in [0.1, 0.15) is 18.1 Å². The molecule has 5 atom stereocenters. The molecule has 0 spiro atoms. The first-order chi connectivity index (χ1) is 12.9. The quantitative estimate of drug-likeness (QED) is 0.331. The molecule has 10 nitrogen and oxygen atoms in total. The zero-order chi connectivity index (χ0) is 22.2. The highest BCUT2D eigenvalue weighted by Crippen LogP contribution is 2.14. The van der Waals surface area contributed by atoms with Gasteiger partial charge in [-0.15, -0.1) is 0 Å². The molecule has 4 amide bonds. The van der Waals surface area contributed by atoms with Gasteiger partial charge in [-0.05, 0) is 33.6 Å². The van der Waals surface area contributed by atoms with Crippen molar-refractivity contribution in [1.82, 2.24) is 15.1 Å². The van der Waals surface area contributed by atoms with Crippen molar-refractivity contribution in [2.75, 3.05) is 13.6 Å². The molecule has 0 fully saturated rings. The largest absolute Gasteiger partial charge is 0.391 e. The van der Waals surface area contributed by atoms with Crippen LogP contribution in [0.25, 0.3) is 0 Å². The summed E-state index contributed by atoms with van der Waals surface area (Å²) in [6.45, 7) is 8.29. The summed E-state index contributed by atoms with van der Waals surface area (Å²) in [6, 6.07) is -3.68. The van der Waals surface area contributed by atoms with Crippen LogP contribution in [0.5, 0.6) is 0 Å². The number of aliphatic hydroxyl groups is 1. The van der Waals surface area contributed by atoms with E-state index in [0.29, 0.717) is 6.42 Å². The van der Waals surface area contributed by atoms with Gasteiger partial charge in [-0.3, -0.25) is 19.2 Å². The molecule has 6 N–H and O–H groups in total. The molecule has 28 heavy (non-hydrogen) atoms.